The van der Waals surface area contributed by atoms with E-state index >= 15 is 0 Å². The van der Waals surface area contributed by atoms with Crippen LogP contribution in [0.5, 0.6) is 0 Å². The molecule has 2 aromatic rings. The number of aromatic nitrogens is 3. The SMILES string of the molecule is Cc1cc(NCCc2cccnc2)nc(N)n1. The molecule has 2 aromatic heterocycles. The molecule has 5 heteroatoms. The van der Waals surface area contributed by atoms with E-state index in [0.29, 0.717) is 5.95 Å². The van der Waals surface area contributed by atoms with Gasteiger partial charge < -0.3 is 11.1 Å². The van der Waals surface area contributed by atoms with Crippen LogP contribution in [0.2, 0.25) is 0 Å². The van der Waals surface area contributed by atoms with Crippen LogP contribution in [0.15, 0.2) is 30.6 Å². The lowest BCUT2D eigenvalue weighted by atomic mass is 10.2. The average molecular weight is 229 g/mol. The molecular formula is C12H15N5. The number of rotatable bonds is 4. The third-order valence-electron chi connectivity index (χ3n) is 2.31. The van der Waals surface area contributed by atoms with Gasteiger partial charge in [-0.2, -0.15) is 4.98 Å². The van der Waals surface area contributed by atoms with Crippen molar-refractivity contribution in [1.82, 2.24) is 15.0 Å². The van der Waals surface area contributed by atoms with Crippen molar-refractivity contribution in [3.05, 3.63) is 41.9 Å². The van der Waals surface area contributed by atoms with Crippen LogP contribution in [0.1, 0.15) is 11.3 Å². The van der Waals surface area contributed by atoms with Crippen LogP contribution < -0.4 is 11.1 Å². The Hall–Kier alpha value is -2.17. The lowest BCUT2D eigenvalue weighted by Crippen LogP contribution is -2.08. The van der Waals surface area contributed by atoms with Gasteiger partial charge in [-0.1, -0.05) is 6.07 Å². The summed E-state index contributed by atoms with van der Waals surface area (Å²) in [4.78, 5) is 12.2. The first-order chi connectivity index (χ1) is 8.24. The van der Waals surface area contributed by atoms with E-state index in [-0.39, 0.29) is 0 Å². The number of anilines is 2. The second-order valence-corrected chi connectivity index (χ2v) is 3.79. The van der Waals surface area contributed by atoms with Gasteiger partial charge in [0, 0.05) is 30.7 Å². The second kappa shape index (κ2) is 5.25. The number of pyridine rings is 1. The minimum Gasteiger partial charge on any atom is -0.370 e. The van der Waals surface area contributed by atoms with Crippen molar-refractivity contribution >= 4 is 11.8 Å². The first kappa shape index (κ1) is 11.3. The Morgan fingerprint density at radius 3 is 2.94 bits per heavy atom. The predicted molar refractivity (Wildman–Crippen MR) is 67.6 cm³/mol. The standard InChI is InChI=1S/C12H15N5/c1-9-7-11(17-12(13)16-9)15-6-4-10-3-2-5-14-8-10/h2-3,5,7-8H,4,6H2,1H3,(H3,13,15,16,17). The summed E-state index contributed by atoms with van der Waals surface area (Å²) in [5.41, 5.74) is 7.63. The molecule has 2 heterocycles. The smallest absolute Gasteiger partial charge is 0.222 e. The Balaban J connectivity index is 1.90. The van der Waals surface area contributed by atoms with Crippen molar-refractivity contribution in [3.63, 3.8) is 0 Å². The number of hydrogen-bond acceptors (Lipinski definition) is 5. The summed E-state index contributed by atoms with van der Waals surface area (Å²) in [6, 6.07) is 5.86. The van der Waals surface area contributed by atoms with E-state index in [9.17, 15) is 0 Å². The lowest BCUT2D eigenvalue weighted by molar-refractivity contribution is 0.986. The van der Waals surface area contributed by atoms with Gasteiger partial charge in [-0.3, -0.25) is 4.98 Å². The van der Waals surface area contributed by atoms with E-state index < -0.39 is 0 Å². The van der Waals surface area contributed by atoms with Gasteiger partial charge in [-0.15, -0.1) is 0 Å². The fraction of sp³-hybridized carbons (Fsp3) is 0.250. The molecule has 0 aliphatic heterocycles. The molecule has 0 saturated heterocycles. The monoisotopic (exact) mass is 229 g/mol. The molecule has 88 valence electrons. The fourth-order valence-corrected chi connectivity index (χ4v) is 1.56. The third kappa shape index (κ3) is 3.41. The Morgan fingerprint density at radius 1 is 1.35 bits per heavy atom. The third-order valence-corrected chi connectivity index (χ3v) is 2.31. The van der Waals surface area contributed by atoms with Crippen molar-refractivity contribution in [2.75, 3.05) is 17.6 Å². The van der Waals surface area contributed by atoms with Crippen LogP contribution in [-0.4, -0.2) is 21.5 Å². The number of nitrogens with zero attached hydrogens (tertiary/aromatic N) is 3. The van der Waals surface area contributed by atoms with Crippen LogP contribution in [-0.2, 0) is 6.42 Å². The minimum atomic E-state index is 0.300. The van der Waals surface area contributed by atoms with Gasteiger partial charge in [0.25, 0.3) is 0 Å². The highest BCUT2D eigenvalue weighted by atomic mass is 15.1. The lowest BCUT2D eigenvalue weighted by Gasteiger charge is -2.06. The number of nitrogens with two attached hydrogens (primary N) is 1. The van der Waals surface area contributed by atoms with Crippen molar-refractivity contribution < 1.29 is 0 Å². The molecule has 0 amide bonds. The van der Waals surface area contributed by atoms with Crippen molar-refractivity contribution in [2.45, 2.75) is 13.3 Å². The molecule has 0 unspecified atom stereocenters. The summed E-state index contributed by atoms with van der Waals surface area (Å²) in [6.45, 7) is 2.69. The van der Waals surface area contributed by atoms with Crippen molar-refractivity contribution in [2.24, 2.45) is 0 Å². The fourth-order valence-electron chi connectivity index (χ4n) is 1.56. The number of nitrogen functional groups attached to an aromatic ring is 1. The quantitative estimate of drug-likeness (QED) is 0.829. The van der Waals surface area contributed by atoms with Gasteiger partial charge in [0.15, 0.2) is 0 Å². The Bertz CT molecular complexity index is 463. The molecule has 0 aliphatic carbocycles. The van der Waals surface area contributed by atoms with Crippen LogP contribution in [0.4, 0.5) is 11.8 Å². The first-order valence-electron chi connectivity index (χ1n) is 5.48. The molecule has 0 saturated carbocycles. The van der Waals surface area contributed by atoms with Gasteiger partial charge >= 0.3 is 0 Å². The maximum absolute atomic E-state index is 5.57. The first-order valence-corrected chi connectivity index (χ1v) is 5.48. The Labute approximate surface area is 100 Å². The molecule has 3 N–H and O–H groups in total. The highest BCUT2D eigenvalue weighted by Gasteiger charge is 1.98. The normalized spacial score (nSPS) is 10.2. The molecule has 2 rings (SSSR count). The van der Waals surface area contributed by atoms with Gasteiger partial charge in [0.1, 0.15) is 5.82 Å². The van der Waals surface area contributed by atoms with E-state index in [0.717, 1.165) is 24.5 Å². The van der Waals surface area contributed by atoms with E-state index in [1.165, 1.54) is 5.56 Å². The van der Waals surface area contributed by atoms with E-state index in [2.05, 4.69) is 20.3 Å². The highest BCUT2D eigenvalue weighted by Crippen LogP contribution is 2.07. The minimum absolute atomic E-state index is 0.300. The zero-order valence-electron chi connectivity index (χ0n) is 9.72. The summed E-state index contributed by atoms with van der Waals surface area (Å²) < 4.78 is 0. The highest BCUT2D eigenvalue weighted by molar-refractivity contribution is 5.40. The van der Waals surface area contributed by atoms with Crippen LogP contribution >= 0.6 is 0 Å². The molecule has 5 nitrogen and oxygen atoms in total. The van der Waals surface area contributed by atoms with E-state index in [1.54, 1.807) is 6.20 Å². The number of nitrogens with one attached hydrogen (secondary N) is 1. The van der Waals surface area contributed by atoms with Gasteiger partial charge in [0.05, 0.1) is 0 Å². The number of hydrogen-bond donors (Lipinski definition) is 2. The van der Waals surface area contributed by atoms with Crippen LogP contribution in [0.3, 0.4) is 0 Å². The summed E-state index contributed by atoms with van der Waals surface area (Å²) >= 11 is 0. The summed E-state index contributed by atoms with van der Waals surface area (Å²) in [5.74, 6) is 1.06. The van der Waals surface area contributed by atoms with Gasteiger partial charge in [0.2, 0.25) is 5.95 Å². The summed E-state index contributed by atoms with van der Waals surface area (Å²) in [5, 5.41) is 3.22. The second-order valence-electron chi connectivity index (χ2n) is 3.79. The van der Waals surface area contributed by atoms with Crippen LogP contribution in [0, 0.1) is 6.92 Å². The molecule has 0 spiro atoms. The predicted octanol–water partition coefficient (Wildman–Crippen LogP) is 1.42. The molecule has 0 bridgehead atoms. The Morgan fingerprint density at radius 2 is 2.24 bits per heavy atom. The Kier molecular flexibility index (Phi) is 3.49. The molecule has 0 atom stereocenters. The molecule has 0 fully saturated rings. The van der Waals surface area contributed by atoms with Crippen molar-refractivity contribution in [3.8, 4) is 0 Å². The van der Waals surface area contributed by atoms with Crippen LogP contribution in [0.25, 0.3) is 0 Å². The summed E-state index contributed by atoms with van der Waals surface area (Å²) in [6.07, 6.45) is 4.53. The molecule has 0 aliphatic rings. The van der Waals surface area contributed by atoms with Gasteiger partial charge in [-0.25, -0.2) is 4.98 Å². The maximum atomic E-state index is 5.57. The van der Waals surface area contributed by atoms with Gasteiger partial charge in [-0.05, 0) is 25.0 Å². The maximum Gasteiger partial charge on any atom is 0.222 e. The molecular weight excluding hydrogens is 214 g/mol. The molecule has 0 radical (unpaired) electrons. The average Bonchev–Trinajstić information content (AvgIpc) is 2.29. The van der Waals surface area contributed by atoms with E-state index in [1.807, 2.05) is 31.3 Å². The largest absolute Gasteiger partial charge is 0.370 e. The number of aryl methyl sites for hydroxylation is 1. The van der Waals surface area contributed by atoms with Crippen molar-refractivity contribution in [1.29, 1.82) is 0 Å². The zero-order chi connectivity index (χ0) is 12.1. The molecule has 0 aromatic carbocycles. The zero-order valence-corrected chi connectivity index (χ0v) is 9.72. The van der Waals surface area contributed by atoms with E-state index in [4.69, 9.17) is 5.73 Å². The topological polar surface area (TPSA) is 76.7 Å². The summed E-state index contributed by atoms with van der Waals surface area (Å²) in [7, 11) is 0. The molecule has 17 heavy (non-hydrogen) atoms.